The van der Waals surface area contributed by atoms with Crippen molar-refractivity contribution in [3.8, 4) is 0 Å². The predicted octanol–water partition coefficient (Wildman–Crippen LogP) is 22.3. The summed E-state index contributed by atoms with van der Waals surface area (Å²) in [4.78, 5) is 38.2. The molecular weight excluding hydrogens is 937 g/mol. The molecule has 0 aliphatic heterocycles. The highest BCUT2D eigenvalue weighted by molar-refractivity contribution is 5.71. The maximum absolute atomic E-state index is 12.9. The van der Waals surface area contributed by atoms with Gasteiger partial charge in [-0.1, -0.05) is 305 Å². The van der Waals surface area contributed by atoms with E-state index in [2.05, 4.69) is 99.8 Å². The molecule has 0 saturated carbocycles. The van der Waals surface area contributed by atoms with Crippen molar-refractivity contribution in [2.75, 3.05) is 13.2 Å². The molecule has 0 bridgehead atoms. The Hall–Kier alpha value is -3.41. The smallest absolute Gasteiger partial charge is 0.306 e. The molecule has 1 unspecified atom stereocenters. The van der Waals surface area contributed by atoms with Gasteiger partial charge in [-0.2, -0.15) is 0 Å². The van der Waals surface area contributed by atoms with Gasteiger partial charge in [-0.25, -0.2) is 0 Å². The Bertz CT molecular complexity index is 1450. The molecule has 0 aromatic heterocycles. The first kappa shape index (κ1) is 72.6. The Labute approximate surface area is 471 Å². The summed E-state index contributed by atoms with van der Waals surface area (Å²) >= 11 is 0. The van der Waals surface area contributed by atoms with E-state index >= 15 is 0 Å². The Morgan fingerprint density at radius 2 is 0.539 bits per heavy atom. The van der Waals surface area contributed by atoms with Gasteiger partial charge in [-0.15, -0.1) is 0 Å². The summed E-state index contributed by atoms with van der Waals surface area (Å²) in [7, 11) is 0. The molecule has 6 nitrogen and oxygen atoms in total. The minimum absolute atomic E-state index is 0.0967. The van der Waals surface area contributed by atoms with Crippen molar-refractivity contribution in [1.82, 2.24) is 0 Å². The zero-order chi connectivity index (χ0) is 55.0. The molecule has 0 rings (SSSR count). The van der Waals surface area contributed by atoms with E-state index in [4.69, 9.17) is 14.2 Å². The molecule has 1 atom stereocenters. The fourth-order valence-electron chi connectivity index (χ4n) is 9.29. The zero-order valence-corrected chi connectivity index (χ0v) is 50.3. The van der Waals surface area contributed by atoms with Crippen LogP contribution in [0.25, 0.3) is 0 Å². The first-order chi connectivity index (χ1) is 37.5. The number of hydrogen-bond donors (Lipinski definition) is 0. The van der Waals surface area contributed by atoms with E-state index in [1.165, 1.54) is 199 Å². The van der Waals surface area contributed by atoms with Crippen LogP contribution in [0.3, 0.4) is 0 Å². The van der Waals surface area contributed by atoms with Gasteiger partial charge >= 0.3 is 17.9 Å². The number of carbonyl (C=O) groups is 3. The maximum Gasteiger partial charge on any atom is 0.306 e. The molecule has 0 aromatic rings. The van der Waals surface area contributed by atoms with Crippen LogP contribution in [0.2, 0.25) is 0 Å². The number of rotatable bonds is 59. The van der Waals surface area contributed by atoms with Crippen LogP contribution in [-0.4, -0.2) is 37.2 Å². The average molecular weight is 1060 g/mol. The molecule has 0 heterocycles. The first-order valence-electron chi connectivity index (χ1n) is 32.6. The van der Waals surface area contributed by atoms with Crippen molar-refractivity contribution in [2.45, 2.75) is 329 Å². The van der Waals surface area contributed by atoms with Crippen LogP contribution >= 0.6 is 0 Å². The fraction of sp³-hybridized carbons (Fsp3) is 0.757. The minimum Gasteiger partial charge on any atom is -0.462 e. The van der Waals surface area contributed by atoms with Crippen LogP contribution in [0.15, 0.2) is 85.1 Å². The van der Waals surface area contributed by atoms with Crippen molar-refractivity contribution >= 4 is 17.9 Å². The van der Waals surface area contributed by atoms with Crippen molar-refractivity contribution in [3.63, 3.8) is 0 Å². The van der Waals surface area contributed by atoms with Crippen LogP contribution in [0.4, 0.5) is 0 Å². The molecule has 438 valence electrons. The second kappa shape index (κ2) is 64.1. The summed E-state index contributed by atoms with van der Waals surface area (Å²) in [6.07, 6.45) is 84.7. The van der Waals surface area contributed by atoms with Crippen molar-refractivity contribution in [3.05, 3.63) is 85.1 Å². The van der Waals surface area contributed by atoms with Crippen LogP contribution in [0.1, 0.15) is 323 Å². The van der Waals surface area contributed by atoms with Gasteiger partial charge in [0, 0.05) is 19.3 Å². The van der Waals surface area contributed by atoms with E-state index in [1.807, 2.05) is 6.08 Å². The molecule has 76 heavy (non-hydrogen) atoms. The maximum atomic E-state index is 12.9. The molecular formula is C70H122O6. The lowest BCUT2D eigenvalue weighted by molar-refractivity contribution is -0.166. The third kappa shape index (κ3) is 61.4. The summed E-state index contributed by atoms with van der Waals surface area (Å²) in [6.45, 7) is 6.49. The van der Waals surface area contributed by atoms with Gasteiger partial charge in [-0.05, 0) is 83.5 Å². The molecule has 6 heteroatoms. The number of carbonyl (C=O) groups excluding carboxylic acids is 3. The van der Waals surface area contributed by atoms with E-state index < -0.39 is 6.10 Å². The summed E-state index contributed by atoms with van der Waals surface area (Å²) in [5.41, 5.74) is 0. The molecule has 0 aliphatic rings. The van der Waals surface area contributed by atoms with Crippen molar-refractivity contribution in [2.24, 2.45) is 0 Å². The molecule has 0 aromatic carbocycles. The highest BCUT2D eigenvalue weighted by Crippen LogP contribution is 2.17. The standard InChI is InChI=1S/C70H122O6/c1-4-7-10-13-16-19-22-25-27-29-31-32-33-34-35-36-37-38-39-41-42-45-48-51-54-57-60-63-69(72)75-66-67(65-74-68(71)62-59-56-53-50-47-44-24-21-18-15-12-9-6-3)76-70(73)64-61-58-55-52-49-46-43-40-30-28-26-23-20-17-14-11-8-5-2/h9,12,18,21-22,25,29,31,33-34,44,47,53,56,67H,4-8,10-11,13-17,19-20,23-24,26-28,30,32,35-43,45-46,48-52,54-55,57-66H2,1-3H3/b12-9-,21-18-,25-22-,31-29-,34-33-,47-44-,56-53-. The van der Waals surface area contributed by atoms with E-state index in [0.717, 1.165) is 77.0 Å². The molecule has 0 aliphatic carbocycles. The third-order valence-electron chi connectivity index (χ3n) is 14.1. The van der Waals surface area contributed by atoms with Crippen LogP contribution < -0.4 is 0 Å². The molecule has 0 amide bonds. The van der Waals surface area contributed by atoms with E-state index in [9.17, 15) is 14.4 Å². The topological polar surface area (TPSA) is 78.9 Å². The second-order valence-corrected chi connectivity index (χ2v) is 21.6. The second-order valence-electron chi connectivity index (χ2n) is 21.6. The largest absolute Gasteiger partial charge is 0.462 e. The molecule has 0 spiro atoms. The summed E-state index contributed by atoms with van der Waals surface area (Å²) < 4.78 is 16.9. The Kier molecular flexibility index (Phi) is 61.2. The third-order valence-corrected chi connectivity index (χ3v) is 14.1. The van der Waals surface area contributed by atoms with Gasteiger partial charge in [0.25, 0.3) is 0 Å². The quantitative estimate of drug-likeness (QED) is 0.0261. The highest BCUT2D eigenvalue weighted by atomic mass is 16.6. The monoisotopic (exact) mass is 1060 g/mol. The van der Waals surface area contributed by atoms with Crippen LogP contribution in [-0.2, 0) is 28.6 Å². The number of ether oxygens (including phenoxy) is 3. The first-order valence-corrected chi connectivity index (χ1v) is 32.6. The Morgan fingerprint density at radius 1 is 0.276 bits per heavy atom. The normalized spacial score (nSPS) is 12.6. The number of unbranched alkanes of at least 4 members (excludes halogenated alkanes) is 34. The average Bonchev–Trinajstić information content (AvgIpc) is 3.42. The van der Waals surface area contributed by atoms with Crippen LogP contribution in [0, 0.1) is 0 Å². The molecule has 0 radical (unpaired) electrons. The van der Waals surface area contributed by atoms with E-state index in [1.54, 1.807) is 0 Å². The summed E-state index contributed by atoms with van der Waals surface area (Å²) in [5, 5.41) is 0. The number of esters is 3. The molecule has 0 N–H and O–H groups in total. The SMILES string of the molecule is CC/C=C\C/C=C\C/C=C\C/C=C\CCC(=O)OCC(COC(=O)CCCCCCCCCCCCCC/C=C\C/C=C\C/C=C\CCCCCCC)OC(=O)CCCCCCCCCCCCCCCCCCCC. The minimum atomic E-state index is -0.805. The molecule has 0 fully saturated rings. The van der Waals surface area contributed by atoms with Gasteiger partial charge < -0.3 is 14.2 Å². The zero-order valence-electron chi connectivity index (χ0n) is 50.3. The predicted molar refractivity (Wildman–Crippen MR) is 330 cm³/mol. The fourth-order valence-corrected chi connectivity index (χ4v) is 9.29. The van der Waals surface area contributed by atoms with Gasteiger partial charge in [0.1, 0.15) is 13.2 Å². The van der Waals surface area contributed by atoms with Gasteiger partial charge in [0.2, 0.25) is 0 Å². The molecule has 0 saturated heterocycles. The van der Waals surface area contributed by atoms with E-state index in [-0.39, 0.29) is 37.5 Å². The van der Waals surface area contributed by atoms with Crippen molar-refractivity contribution < 1.29 is 28.6 Å². The van der Waals surface area contributed by atoms with Gasteiger partial charge in [0.15, 0.2) is 6.10 Å². The van der Waals surface area contributed by atoms with E-state index in [0.29, 0.717) is 19.3 Å². The van der Waals surface area contributed by atoms with Crippen LogP contribution in [0.5, 0.6) is 0 Å². The number of hydrogen-bond acceptors (Lipinski definition) is 6. The van der Waals surface area contributed by atoms with Gasteiger partial charge in [-0.3, -0.25) is 14.4 Å². The Morgan fingerprint density at radius 3 is 0.882 bits per heavy atom. The highest BCUT2D eigenvalue weighted by Gasteiger charge is 2.19. The summed E-state index contributed by atoms with van der Waals surface area (Å²) in [6, 6.07) is 0. The van der Waals surface area contributed by atoms with Gasteiger partial charge in [0.05, 0.1) is 0 Å². The Balaban J connectivity index is 4.30. The lowest BCUT2D eigenvalue weighted by atomic mass is 10.0. The lowest BCUT2D eigenvalue weighted by Crippen LogP contribution is -2.30. The summed E-state index contributed by atoms with van der Waals surface area (Å²) in [5.74, 6) is -0.969. The lowest BCUT2D eigenvalue weighted by Gasteiger charge is -2.18. The number of allylic oxidation sites excluding steroid dienone is 14. The van der Waals surface area contributed by atoms with Crippen molar-refractivity contribution in [1.29, 1.82) is 0 Å².